The van der Waals surface area contributed by atoms with E-state index in [-0.39, 0.29) is 17.9 Å². The minimum absolute atomic E-state index is 0.0765. The summed E-state index contributed by atoms with van der Waals surface area (Å²) < 4.78 is 10.8. The van der Waals surface area contributed by atoms with Gasteiger partial charge < -0.3 is 24.5 Å². The van der Waals surface area contributed by atoms with Crippen LogP contribution in [0.2, 0.25) is 0 Å². The van der Waals surface area contributed by atoms with Crippen molar-refractivity contribution in [2.45, 2.75) is 44.4 Å². The second-order valence-electron chi connectivity index (χ2n) is 6.60. The number of piperidine rings is 1. The Morgan fingerprint density at radius 1 is 1.57 bits per heavy atom. The number of ether oxygens (including phenoxy) is 1. The fourth-order valence-corrected chi connectivity index (χ4v) is 3.59. The third-order valence-corrected chi connectivity index (χ3v) is 4.85. The molecule has 1 amide bonds. The molecule has 0 spiro atoms. The largest absolute Gasteiger partial charge is 0.467 e. The van der Waals surface area contributed by atoms with Crippen molar-refractivity contribution in [3.63, 3.8) is 0 Å². The van der Waals surface area contributed by atoms with Crippen LogP contribution in [0.15, 0.2) is 22.8 Å². The molecule has 0 radical (unpaired) electrons. The fraction of sp³-hybridized carbons (Fsp3) is 0.706. The van der Waals surface area contributed by atoms with E-state index in [2.05, 4.69) is 12.2 Å². The maximum absolute atomic E-state index is 12.9. The van der Waals surface area contributed by atoms with E-state index in [0.29, 0.717) is 38.0 Å². The smallest absolute Gasteiger partial charge is 0.226 e. The SMILES string of the molecule is C[C@H]1C[C@@H](C(=O)N2CCOCC2CC(O)c2ccco2)CCN1. The molecule has 1 aromatic heterocycles. The van der Waals surface area contributed by atoms with Gasteiger partial charge in [0.15, 0.2) is 0 Å². The monoisotopic (exact) mass is 322 g/mol. The zero-order valence-corrected chi connectivity index (χ0v) is 13.6. The van der Waals surface area contributed by atoms with Crippen LogP contribution in [0.5, 0.6) is 0 Å². The molecule has 23 heavy (non-hydrogen) atoms. The lowest BCUT2D eigenvalue weighted by Crippen LogP contribution is -2.53. The molecule has 0 aromatic carbocycles. The van der Waals surface area contributed by atoms with Crippen molar-refractivity contribution >= 4 is 5.91 Å². The summed E-state index contributed by atoms with van der Waals surface area (Å²) >= 11 is 0. The normalized spacial score (nSPS) is 30.2. The Morgan fingerprint density at radius 2 is 2.43 bits per heavy atom. The minimum Gasteiger partial charge on any atom is -0.467 e. The third kappa shape index (κ3) is 3.94. The van der Waals surface area contributed by atoms with Crippen molar-refractivity contribution in [2.75, 3.05) is 26.3 Å². The predicted octanol–water partition coefficient (Wildman–Crippen LogP) is 1.32. The first-order valence-electron chi connectivity index (χ1n) is 8.48. The van der Waals surface area contributed by atoms with Gasteiger partial charge in [-0.1, -0.05) is 0 Å². The first kappa shape index (κ1) is 16.5. The molecule has 6 heteroatoms. The average molecular weight is 322 g/mol. The number of carbonyl (C=O) groups excluding carboxylic acids is 1. The predicted molar refractivity (Wildman–Crippen MR) is 84.8 cm³/mol. The molecule has 2 aliphatic rings. The van der Waals surface area contributed by atoms with Gasteiger partial charge in [-0.2, -0.15) is 0 Å². The standard InChI is InChI=1S/C17H26N2O4/c1-12-9-13(4-5-18-12)17(21)19-6-8-22-11-14(19)10-15(20)16-3-2-7-23-16/h2-3,7,12-15,18,20H,4-6,8-11H2,1H3/t12-,13-,14?,15?/m0/s1. The van der Waals surface area contributed by atoms with E-state index < -0.39 is 6.10 Å². The zero-order chi connectivity index (χ0) is 16.2. The number of morpholine rings is 1. The Bertz CT molecular complexity index is 505. The number of rotatable bonds is 4. The molecule has 3 heterocycles. The molecular formula is C17H26N2O4. The van der Waals surface area contributed by atoms with Gasteiger partial charge in [0, 0.05) is 24.9 Å². The number of nitrogens with zero attached hydrogens (tertiary/aromatic N) is 1. The van der Waals surface area contributed by atoms with Crippen LogP contribution in [-0.2, 0) is 9.53 Å². The van der Waals surface area contributed by atoms with Gasteiger partial charge in [0.1, 0.15) is 11.9 Å². The molecule has 128 valence electrons. The Kier molecular flexibility index (Phi) is 5.35. The lowest BCUT2D eigenvalue weighted by molar-refractivity contribution is -0.146. The average Bonchev–Trinajstić information content (AvgIpc) is 3.09. The van der Waals surface area contributed by atoms with E-state index in [4.69, 9.17) is 9.15 Å². The molecule has 2 N–H and O–H groups in total. The van der Waals surface area contributed by atoms with Gasteiger partial charge in [-0.3, -0.25) is 4.79 Å². The lowest BCUT2D eigenvalue weighted by atomic mass is 9.91. The van der Waals surface area contributed by atoms with Crippen LogP contribution in [0.25, 0.3) is 0 Å². The number of hydrogen-bond acceptors (Lipinski definition) is 5. The van der Waals surface area contributed by atoms with Crippen molar-refractivity contribution in [3.05, 3.63) is 24.2 Å². The Morgan fingerprint density at radius 3 is 3.17 bits per heavy atom. The second-order valence-corrected chi connectivity index (χ2v) is 6.60. The lowest BCUT2D eigenvalue weighted by Gasteiger charge is -2.40. The van der Waals surface area contributed by atoms with Crippen LogP contribution in [0.1, 0.15) is 38.1 Å². The molecule has 6 nitrogen and oxygen atoms in total. The summed E-state index contributed by atoms with van der Waals surface area (Å²) in [5.41, 5.74) is 0. The van der Waals surface area contributed by atoms with Crippen molar-refractivity contribution < 1.29 is 19.1 Å². The van der Waals surface area contributed by atoms with Gasteiger partial charge in [0.2, 0.25) is 5.91 Å². The molecule has 2 fully saturated rings. The molecule has 0 saturated carbocycles. The highest BCUT2D eigenvalue weighted by Crippen LogP contribution is 2.26. The van der Waals surface area contributed by atoms with E-state index in [9.17, 15) is 9.90 Å². The van der Waals surface area contributed by atoms with Crippen LogP contribution in [0, 0.1) is 5.92 Å². The van der Waals surface area contributed by atoms with Gasteiger partial charge in [0.05, 0.1) is 25.5 Å². The molecule has 4 atom stereocenters. The number of furan rings is 1. The van der Waals surface area contributed by atoms with Gasteiger partial charge in [-0.05, 0) is 38.4 Å². The quantitative estimate of drug-likeness (QED) is 0.874. The van der Waals surface area contributed by atoms with Gasteiger partial charge in [-0.15, -0.1) is 0 Å². The summed E-state index contributed by atoms with van der Waals surface area (Å²) in [4.78, 5) is 14.8. The highest BCUT2D eigenvalue weighted by molar-refractivity contribution is 5.79. The van der Waals surface area contributed by atoms with Crippen molar-refractivity contribution in [2.24, 2.45) is 5.92 Å². The van der Waals surface area contributed by atoms with Gasteiger partial charge >= 0.3 is 0 Å². The molecule has 0 aliphatic carbocycles. The first-order chi connectivity index (χ1) is 11.1. The maximum Gasteiger partial charge on any atom is 0.226 e. The topological polar surface area (TPSA) is 74.9 Å². The summed E-state index contributed by atoms with van der Waals surface area (Å²) in [6, 6.07) is 3.80. The van der Waals surface area contributed by atoms with Crippen LogP contribution in [-0.4, -0.2) is 54.3 Å². The molecular weight excluding hydrogens is 296 g/mol. The van der Waals surface area contributed by atoms with E-state index in [1.54, 1.807) is 18.4 Å². The maximum atomic E-state index is 12.9. The third-order valence-electron chi connectivity index (χ3n) is 4.85. The molecule has 2 saturated heterocycles. The van der Waals surface area contributed by atoms with E-state index in [1.165, 1.54) is 0 Å². The number of aliphatic hydroxyl groups excluding tert-OH is 1. The van der Waals surface area contributed by atoms with Crippen molar-refractivity contribution in [1.29, 1.82) is 0 Å². The summed E-state index contributed by atoms with van der Waals surface area (Å²) in [5.74, 6) is 0.823. The summed E-state index contributed by atoms with van der Waals surface area (Å²) in [5, 5.41) is 13.7. The Labute approximate surface area is 136 Å². The Hall–Kier alpha value is -1.37. The minimum atomic E-state index is -0.709. The van der Waals surface area contributed by atoms with Gasteiger partial charge in [-0.25, -0.2) is 0 Å². The highest BCUT2D eigenvalue weighted by Gasteiger charge is 2.35. The molecule has 1 aromatic rings. The van der Waals surface area contributed by atoms with Crippen molar-refractivity contribution in [1.82, 2.24) is 10.2 Å². The second kappa shape index (κ2) is 7.47. The van der Waals surface area contributed by atoms with E-state index >= 15 is 0 Å². The van der Waals surface area contributed by atoms with Crippen LogP contribution >= 0.6 is 0 Å². The molecule has 0 bridgehead atoms. The fourth-order valence-electron chi connectivity index (χ4n) is 3.59. The van der Waals surface area contributed by atoms with E-state index in [1.807, 2.05) is 4.90 Å². The number of aliphatic hydroxyl groups is 1. The number of nitrogens with one attached hydrogen (secondary N) is 1. The summed E-state index contributed by atoms with van der Waals surface area (Å²) in [6.45, 7) is 4.66. The number of hydrogen-bond donors (Lipinski definition) is 2. The molecule has 2 aliphatic heterocycles. The molecule has 3 rings (SSSR count). The summed E-state index contributed by atoms with van der Waals surface area (Å²) in [6.07, 6.45) is 3.05. The van der Waals surface area contributed by atoms with E-state index in [0.717, 1.165) is 19.4 Å². The number of amides is 1. The zero-order valence-electron chi connectivity index (χ0n) is 13.6. The van der Waals surface area contributed by atoms with Crippen LogP contribution in [0.3, 0.4) is 0 Å². The highest BCUT2D eigenvalue weighted by atomic mass is 16.5. The molecule has 2 unspecified atom stereocenters. The number of carbonyl (C=O) groups is 1. The van der Waals surface area contributed by atoms with Crippen LogP contribution in [0.4, 0.5) is 0 Å². The van der Waals surface area contributed by atoms with Crippen molar-refractivity contribution in [3.8, 4) is 0 Å². The van der Waals surface area contributed by atoms with Crippen LogP contribution < -0.4 is 5.32 Å². The Balaban J connectivity index is 1.64. The van der Waals surface area contributed by atoms with Gasteiger partial charge in [0.25, 0.3) is 0 Å². The first-order valence-corrected chi connectivity index (χ1v) is 8.48. The summed E-state index contributed by atoms with van der Waals surface area (Å²) in [7, 11) is 0.